The molecule has 4 heteroatoms. The van der Waals surface area contributed by atoms with Gasteiger partial charge in [-0.05, 0) is 55.0 Å². The van der Waals surface area contributed by atoms with Gasteiger partial charge in [-0.2, -0.15) is 0 Å². The van der Waals surface area contributed by atoms with Crippen LogP contribution in [0.2, 0.25) is 0 Å². The first-order valence-electron chi connectivity index (χ1n) is 9.01. The minimum atomic E-state index is -0.117. The van der Waals surface area contributed by atoms with Crippen LogP contribution in [-0.4, -0.2) is 10.1 Å². The molecule has 0 aliphatic rings. The van der Waals surface area contributed by atoms with Crippen molar-refractivity contribution in [2.24, 2.45) is 5.73 Å². The predicted octanol–water partition coefficient (Wildman–Crippen LogP) is 4.69. The standard InChI is InChI=1S/C23H22N2O2/c1-12-4-9-17-18(10-12)23(27)25-22-13(2)11-19(26)20(21(17)22)16-7-5-15(6-8-16)14(3)24/h4-11,14,26H,24H2,1-3H3,(H,25,27)/t14-/m1/s1. The van der Waals surface area contributed by atoms with E-state index in [1.165, 1.54) is 0 Å². The van der Waals surface area contributed by atoms with E-state index in [4.69, 9.17) is 5.73 Å². The minimum Gasteiger partial charge on any atom is -0.507 e. The lowest BCUT2D eigenvalue weighted by Crippen LogP contribution is -2.08. The molecule has 0 saturated heterocycles. The summed E-state index contributed by atoms with van der Waals surface area (Å²) in [5, 5.41) is 13.1. The van der Waals surface area contributed by atoms with Gasteiger partial charge in [-0.15, -0.1) is 0 Å². The molecule has 0 aliphatic heterocycles. The lowest BCUT2D eigenvalue weighted by atomic mass is 9.92. The summed E-state index contributed by atoms with van der Waals surface area (Å²) in [5.41, 5.74) is 11.1. The highest BCUT2D eigenvalue weighted by molar-refractivity contribution is 6.14. The van der Waals surface area contributed by atoms with Crippen LogP contribution in [-0.2, 0) is 0 Å². The van der Waals surface area contributed by atoms with Crippen LogP contribution >= 0.6 is 0 Å². The highest BCUT2D eigenvalue weighted by Gasteiger charge is 2.17. The summed E-state index contributed by atoms with van der Waals surface area (Å²) in [7, 11) is 0. The van der Waals surface area contributed by atoms with Crippen LogP contribution in [0.4, 0.5) is 0 Å². The molecule has 0 saturated carbocycles. The van der Waals surface area contributed by atoms with Crippen molar-refractivity contribution < 1.29 is 5.11 Å². The number of phenols is 1. The van der Waals surface area contributed by atoms with Crippen molar-refractivity contribution in [1.82, 2.24) is 4.98 Å². The summed E-state index contributed by atoms with van der Waals surface area (Å²) >= 11 is 0. The van der Waals surface area contributed by atoms with E-state index in [-0.39, 0.29) is 17.4 Å². The fraction of sp³-hybridized carbons (Fsp3) is 0.174. The molecule has 3 aromatic carbocycles. The first-order chi connectivity index (χ1) is 12.9. The number of hydrogen-bond acceptors (Lipinski definition) is 3. The van der Waals surface area contributed by atoms with Gasteiger partial charge in [-0.1, -0.05) is 42.0 Å². The lowest BCUT2D eigenvalue weighted by molar-refractivity contribution is 0.477. The molecule has 4 aromatic rings. The van der Waals surface area contributed by atoms with Crippen molar-refractivity contribution in [3.8, 4) is 16.9 Å². The van der Waals surface area contributed by atoms with Crippen molar-refractivity contribution in [1.29, 1.82) is 0 Å². The zero-order chi connectivity index (χ0) is 19.3. The monoisotopic (exact) mass is 358 g/mol. The molecular formula is C23H22N2O2. The number of fused-ring (bicyclic) bond motifs is 3. The number of aryl methyl sites for hydroxylation is 2. The molecule has 1 atom stereocenters. The summed E-state index contributed by atoms with van der Waals surface area (Å²) in [5.74, 6) is 0.197. The molecule has 0 aliphatic carbocycles. The molecular weight excluding hydrogens is 336 g/mol. The van der Waals surface area contributed by atoms with E-state index in [9.17, 15) is 9.90 Å². The van der Waals surface area contributed by atoms with Crippen LogP contribution in [0.3, 0.4) is 0 Å². The molecule has 0 amide bonds. The largest absolute Gasteiger partial charge is 0.507 e. The Morgan fingerprint density at radius 1 is 1.00 bits per heavy atom. The average molecular weight is 358 g/mol. The van der Waals surface area contributed by atoms with Crippen LogP contribution in [0.15, 0.2) is 53.3 Å². The molecule has 27 heavy (non-hydrogen) atoms. The summed E-state index contributed by atoms with van der Waals surface area (Å²) in [6.45, 7) is 5.79. The molecule has 1 aromatic heterocycles. The van der Waals surface area contributed by atoms with Gasteiger partial charge in [-0.25, -0.2) is 0 Å². The average Bonchev–Trinajstić information content (AvgIpc) is 2.63. The van der Waals surface area contributed by atoms with E-state index in [0.29, 0.717) is 5.39 Å². The van der Waals surface area contributed by atoms with E-state index in [0.717, 1.165) is 44.1 Å². The van der Waals surface area contributed by atoms with E-state index >= 15 is 0 Å². The van der Waals surface area contributed by atoms with Crippen molar-refractivity contribution in [2.75, 3.05) is 0 Å². The number of nitrogens with one attached hydrogen (secondary N) is 1. The smallest absolute Gasteiger partial charge is 0.256 e. The van der Waals surface area contributed by atoms with Crippen molar-refractivity contribution in [3.63, 3.8) is 0 Å². The number of aromatic nitrogens is 1. The topological polar surface area (TPSA) is 79.1 Å². The SMILES string of the molecule is Cc1ccc2c(c1)c(=O)[nH]c1c(C)cc(O)c(-c3ccc([C@@H](C)N)cc3)c12. The molecule has 0 radical (unpaired) electrons. The Labute approximate surface area is 157 Å². The third-order valence-corrected chi connectivity index (χ3v) is 5.16. The molecule has 136 valence electrons. The number of pyridine rings is 1. The van der Waals surface area contributed by atoms with Gasteiger partial charge >= 0.3 is 0 Å². The zero-order valence-electron chi connectivity index (χ0n) is 15.6. The Morgan fingerprint density at radius 2 is 1.70 bits per heavy atom. The highest BCUT2D eigenvalue weighted by atomic mass is 16.3. The number of nitrogens with two attached hydrogens (primary N) is 1. The predicted molar refractivity (Wildman–Crippen MR) is 111 cm³/mol. The number of aromatic amines is 1. The van der Waals surface area contributed by atoms with Gasteiger partial charge in [0.25, 0.3) is 5.56 Å². The van der Waals surface area contributed by atoms with Gasteiger partial charge < -0.3 is 15.8 Å². The normalized spacial score (nSPS) is 12.6. The highest BCUT2D eigenvalue weighted by Crippen LogP contribution is 2.40. The van der Waals surface area contributed by atoms with Crippen LogP contribution in [0.5, 0.6) is 5.75 Å². The summed E-state index contributed by atoms with van der Waals surface area (Å²) in [4.78, 5) is 15.6. The van der Waals surface area contributed by atoms with E-state index in [1.807, 2.05) is 63.2 Å². The number of hydrogen-bond donors (Lipinski definition) is 3. The first-order valence-corrected chi connectivity index (χ1v) is 9.01. The van der Waals surface area contributed by atoms with Crippen molar-refractivity contribution in [2.45, 2.75) is 26.8 Å². The molecule has 0 fully saturated rings. The number of rotatable bonds is 2. The van der Waals surface area contributed by atoms with Gasteiger partial charge in [0.15, 0.2) is 0 Å². The van der Waals surface area contributed by atoms with Crippen LogP contribution in [0, 0.1) is 13.8 Å². The maximum atomic E-state index is 12.6. The second kappa shape index (κ2) is 6.25. The van der Waals surface area contributed by atoms with E-state index < -0.39 is 0 Å². The maximum absolute atomic E-state index is 12.6. The van der Waals surface area contributed by atoms with Gasteiger partial charge in [-0.3, -0.25) is 4.79 Å². The van der Waals surface area contributed by atoms with Crippen LogP contribution in [0.25, 0.3) is 32.8 Å². The Balaban J connectivity index is 2.15. The fourth-order valence-electron chi connectivity index (χ4n) is 3.72. The van der Waals surface area contributed by atoms with Crippen LogP contribution < -0.4 is 11.3 Å². The van der Waals surface area contributed by atoms with Gasteiger partial charge in [0.1, 0.15) is 5.75 Å². The van der Waals surface area contributed by atoms with Crippen molar-refractivity contribution in [3.05, 3.63) is 75.6 Å². The Kier molecular flexibility index (Phi) is 4.01. The Morgan fingerprint density at radius 3 is 2.37 bits per heavy atom. The second-order valence-electron chi connectivity index (χ2n) is 7.25. The minimum absolute atomic E-state index is 0.0532. The molecule has 4 N–H and O–H groups in total. The first kappa shape index (κ1) is 17.3. The molecule has 0 bridgehead atoms. The Hall–Kier alpha value is -3.11. The molecule has 0 unspecified atom stereocenters. The molecule has 1 heterocycles. The lowest BCUT2D eigenvalue weighted by Gasteiger charge is -2.15. The second-order valence-corrected chi connectivity index (χ2v) is 7.25. The van der Waals surface area contributed by atoms with E-state index in [2.05, 4.69) is 4.98 Å². The number of phenolic OH excluding ortho intramolecular Hbond substituents is 1. The third kappa shape index (κ3) is 2.78. The van der Waals surface area contributed by atoms with Crippen molar-refractivity contribution >= 4 is 21.7 Å². The summed E-state index contributed by atoms with van der Waals surface area (Å²) < 4.78 is 0. The van der Waals surface area contributed by atoms with Gasteiger partial charge in [0.05, 0.1) is 5.52 Å². The number of benzene rings is 3. The summed E-state index contributed by atoms with van der Waals surface area (Å²) in [6.07, 6.45) is 0. The van der Waals surface area contributed by atoms with E-state index in [1.54, 1.807) is 6.07 Å². The molecule has 4 rings (SSSR count). The van der Waals surface area contributed by atoms with Gasteiger partial charge in [0.2, 0.25) is 0 Å². The zero-order valence-corrected chi connectivity index (χ0v) is 15.6. The fourth-order valence-corrected chi connectivity index (χ4v) is 3.72. The Bertz CT molecular complexity index is 1240. The third-order valence-electron chi connectivity index (χ3n) is 5.16. The van der Waals surface area contributed by atoms with Crippen LogP contribution in [0.1, 0.15) is 29.7 Å². The molecule has 4 nitrogen and oxygen atoms in total. The number of aromatic hydroxyl groups is 1. The quantitative estimate of drug-likeness (QED) is 0.455. The molecule has 0 spiro atoms. The summed E-state index contributed by atoms with van der Waals surface area (Å²) in [6, 6.07) is 15.4. The maximum Gasteiger partial charge on any atom is 0.256 e. The number of H-pyrrole nitrogens is 1. The van der Waals surface area contributed by atoms with Gasteiger partial charge in [0, 0.05) is 22.4 Å².